The molecule has 30 heavy (non-hydrogen) atoms. The molecule has 3 aromatic heterocycles. The number of benzene rings is 2. The quantitative estimate of drug-likeness (QED) is 0.329. The Kier molecular flexibility index (Phi) is 4.78. The standard InChI is InChI=1S/C21H12ClN3O4S/c22-13-6-2-1-5-12(13)19-25-24-18(29-19)11-27-21(26)16-10-9-15(28-16)20-23-14-7-3-4-8-17(14)30-20/h1-10H,11H2. The second-order valence-corrected chi connectivity index (χ2v) is 7.65. The average molecular weight is 438 g/mol. The third kappa shape index (κ3) is 3.58. The Morgan fingerprint density at radius 1 is 1.00 bits per heavy atom. The first-order chi connectivity index (χ1) is 14.7. The number of carbonyl (C=O) groups excluding carboxylic acids is 1. The van der Waals surface area contributed by atoms with Crippen LogP contribution in [-0.2, 0) is 11.3 Å². The summed E-state index contributed by atoms with van der Waals surface area (Å²) in [6.07, 6.45) is 0. The topological polar surface area (TPSA) is 91.2 Å². The lowest BCUT2D eigenvalue weighted by atomic mass is 10.2. The van der Waals surface area contributed by atoms with Crippen molar-refractivity contribution < 1.29 is 18.4 Å². The van der Waals surface area contributed by atoms with Crippen LogP contribution in [0.3, 0.4) is 0 Å². The van der Waals surface area contributed by atoms with E-state index in [0.717, 1.165) is 10.2 Å². The Balaban J connectivity index is 1.27. The van der Waals surface area contributed by atoms with Crippen LogP contribution in [0.25, 0.3) is 32.4 Å². The molecule has 5 rings (SSSR count). The van der Waals surface area contributed by atoms with Crippen molar-refractivity contribution in [3.63, 3.8) is 0 Å². The van der Waals surface area contributed by atoms with Gasteiger partial charge >= 0.3 is 5.97 Å². The Morgan fingerprint density at radius 2 is 1.83 bits per heavy atom. The predicted molar refractivity (Wildman–Crippen MR) is 111 cm³/mol. The van der Waals surface area contributed by atoms with E-state index in [2.05, 4.69) is 15.2 Å². The first-order valence-corrected chi connectivity index (χ1v) is 10.1. The summed E-state index contributed by atoms with van der Waals surface area (Å²) < 4.78 is 17.4. The van der Waals surface area contributed by atoms with E-state index >= 15 is 0 Å². The molecule has 2 aromatic carbocycles. The zero-order valence-corrected chi connectivity index (χ0v) is 16.8. The summed E-state index contributed by atoms with van der Waals surface area (Å²) in [5.41, 5.74) is 1.49. The maximum atomic E-state index is 12.3. The third-order valence-electron chi connectivity index (χ3n) is 4.21. The van der Waals surface area contributed by atoms with Crippen molar-refractivity contribution in [2.45, 2.75) is 6.61 Å². The number of fused-ring (bicyclic) bond motifs is 1. The molecule has 0 saturated heterocycles. The molecule has 0 N–H and O–H groups in total. The fourth-order valence-corrected chi connectivity index (χ4v) is 3.94. The minimum absolute atomic E-state index is 0.0649. The minimum atomic E-state index is -0.639. The van der Waals surface area contributed by atoms with Crippen molar-refractivity contribution in [2.24, 2.45) is 0 Å². The maximum absolute atomic E-state index is 12.3. The molecule has 0 aliphatic heterocycles. The van der Waals surface area contributed by atoms with Crippen molar-refractivity contribution in [1.82, 2.24) is 15.2 Å². The molecular formula is C21H12ClN3O4S. The van der Waals surface area contributed by atoms with Crippen LogP contribution in [0.15, 0.2) is 69.5 Å². The number of ether oxygens (including phenoxy) is 1. The molecule has 0 aliphatic carbocycles. The molecule has 0 fully saturated rings. The normalized spacial score (nSPS) is 11.1. The van der Waals surface area contributed by atoms with Crippen LogP contribution in [0.4, 0.5) is 0 Å². The van der Waals surface area contributed by atoms with Gasteiger partial charge in [0, 0.05) is 0 Å². The second kappa shape index (κ2) is 7.74. The number of para-hydroxylation sites is 1. The van der Waals surface area contributed by atoms with Crippen molar-refractivity contribution in [3.8, 4) is 22.2 Å². The highest BCUT2D eigenvalue weighted by atomic mass is 35.5. The monoisotopic (exact) mass is 437 g/mol. The van der Waals surface area contributed by atoms with Gasteiger partial charge in [0.05, 0.1) is 20.8 Å². The molecule has 148 valence electrons. The summed E-state index contributed by atoms with van der Waals surface area (Å²) in [7, 11) is 0. The van der Waals surface area contributed by atoms with Gasteiger partial charge in [-0.15, -0.1) is 21.5 Å². The average Bonchev–Trinajstić information content (AvgIpc) is 3.51. The number of rotatable bonds is 5. The molecule has 0 aliphatic rings. The molecule has 0 bridgehead atoms. The Bertz CT molecular complexity index is 1320. The van der Waals surface area contributed by atoms with Crippen LogP contribution in [0.5, 0.6) is 0 Å². The molecule has 0 amide bonds. The lowest BCUT2D eigenvalue weighted by Crippen LogP contribution is -2.04. The molecule has 0 saturated carbocycles. The number of aromatic nitrogens is 3. The fourth-order valence-electron chi connectivity index (χ4n) is 2.79. The van der Waals surface area contributed by atoms with Gasteiger partial charge in [0.25, 0.3) is 5.89 Å². The van der Waals surface area contributed by atoms with Gasteiger partial charge in [0.1, 0.15) is 0 Å². The molecule has 0 atom stereocenters. The molecule has 5 aromatic rings. The van der Waals surface area contributed by atoms with Gasteiger partial charge in [-0.3, -0.25) is 0 Å². The fraction of sp³-hybridized carbons (Fsp3) is 0.0476. The lowest BCUT2D eigenvalue weighted by molar-refractivity contribution is 0.0403. The Morgan fingerprint density at radius 3 is 2.70 bits per heavy atom. The van der Waals surface area contributed by atoms with Crippen LogP contribution >= 0.6 is 22.9 Å². The number of thiazole rings is 1. The first-order valence-electron chi connectivity index (χ1n) is 8.87. The number of esters is 1. The molecular weight excluding hydrogens is 426 g/mol. The largest absolute Gasteiger partial charge is 0.450 e. The van der Waals surface area contributed by atoms with E-state index in [1.54, 1.807) is 30.3 Å². The highest BCUT2D eigenvalue weighted by Crippen LogP contribution is 2.31. The van der Waals surface area contributed by atoms with Crippen LogP contribution in [0, 0.1) is 0 Å². The van der Waals surface area contributed by atoms with E-state index in [9.17, 15) is 4.79 Å². The number of nitrogens with zero attached hydrogens (tertiary/aromatic N) is 3. The van der Waals surface area contributed by atoms with Gasteiger partial charge < -0.3 is 13.6 Å². The van der Waals surface area contributed by atoms with Crippen molar-refractivity contribution in [3.05, 3.63) is 77.3 Å². The number of furan rings is 1. The third-order valence-corrected chi connectivity index (χ3v) is 5.59. The van der Waals surface area contributed by atoms with Gasteiger partial charge in [-0.2, -0.15) is 0 Å². The summed E-state index contributed by atoms with van der Waals surface area (Å²) in [6, 6.07) is 18.1. The number of halogens is 1. The summed E-state index contributed by atoms with van der Waals surface area (Å²) in [4.78, 5) is 16.8. The van der Waals surface area contributed by atoms with Crippen LogP contribution in [-0.4, -0.2) is 21.2 Å². The van der Waals surface area contributed by atoms with Gasteiger partial charge in [-0.05, 0) is 36.4 Å². The summed E-state index contributed by atoms with van der Waals surface area (Å²) >= 11 is 7.61. The van der Waals surface area contributed by atoms with Gasteiger partial charge in [-0.1, -0.05) is 35.9 Å². The van der Waals surface area contributed by atoms with E-state index < -0.39 is 5.97 Å². The molecule has 0 radical (unpaired) electrons. The smallest absolute Gasteiger partial charge is 0.374 e. The van der Waals surface area contributed by atoms with Gasteiger partial charge in [-0.25, -0.2) is 9.78 Å². The summed E-state index contributed by atoms with van der Waals surface area (Å²) in [5.74, 6) is 0.330. The minimum Gasteiger partial charge on any atom is -0.450 e. The highest BCUT2D eigenvalue weighted by molar-refractivity contribution is 7.21. The Labute approximate surface area is 178 Å². The molecule has 7 nitrogen and oxygen atoms in total. The summed E-state index contributed by atoms with van der Waals surface area (Å²) in [5, 5.41) is 9.00. The predicted octanol–water partition coefficient (Wildman–Crippen LogP) is 5.62. The van der Waals surface area contributed by atoms with Crippen LogP contribution in [0.1, 0.15) is 16.4 Å². The maximum Gasteiger partial charge on any atom is 0.374 e. The van der Waals surface area contributed by atoms with E-state index in [0.29, 0.717) is 21.4 Å². The van der Waals surface area contributed by atoms with E-state index in [-0.39, 0.29) is 24.1 Å². The molecule has 3 heterocycles. The summed E-state index contributed by atoms with van der Waals surface area (Å²) in [6.45, 7) is -0.187. The van der Waals surface area contributed by atoms with Gasteiger partial charge in [0.15, 0.2) is 17.4 Å². The first kappa shape index (κ1) is 18.5. The van der Waals surface area contributed by atoms with Gasteiger partial charge in [0.2, 0.25) is 11.7 Å². The molecule has 0 unspecified atom stereocenters. The highest BCUT2D eigenvalue weighted by Gasteiger charge is 2.18. The van der Waals surface area contributed by atoms with Crippen molar-refractivity contribution >= 4 is 39.1 Å². The van der Waals surface area contributed by atoms with Crippen LogP contribution < -0.4 is 0 Å². The SMILES string of the molecule is O=C(OCc1nnc(-c2ccccc2Cl)o1)c1ccc(-c2nc3ccccc3s2)o1. The van der Waals surface area contributed by atoms with E-state index in [4.69, 9.17) is 25.2 Å². The number of hydrogen-bond donors (Lipinski definition) is 0. The van der Waals surface area contributed by atoms with E-state index in [1.807, 2.05) is 30.3 Å². The van der Waals surface area contributed by atoms with Crippen molar-refractivity contribution in [2.75, 3.05) is 0 Å². The zero-order valence-electron chi connectivity index (χ0n) is 15.2. The van der Waals surface area contributed by atoms with Crippen LogP contribution in [0.2, 0.25) is 5.02 Å². The second-order valence-electron chi connectivity index (χ2n) is 6.21. The lowest BCUT2D eigenvalue weighted by Gasteiger charge is -1.99. The molecule has 0 spiro atoms. The van der Waals surface area contributed by atoms with E-state index in [1.165, 1.54) is 11.3 Å². The van der Waals surface area contributed by atoms with Crippen molar-refractivity contribution in [1.29, 1.82) is 0 Å². The Hall–Kier alpha value is -3.49. The molecule has 9 heteroatoms. The number of hydrogen-bond acceptors (Lipinski definition) is 8. The zero-order chi connectivity index (χ0) is 20.5. The number of carbonyl (C=O) groups is 1.